The van der Waals surface area contributed by atoms with E-state index in [-0.39, 0.29) is 5.91 Å². The molecule has 1 saturated heterocycles. The summed E-state index contributed by atoms with van der Waals surface area (Å²) in [6.07, 6.45) is 2.13. The van der Waals surface area contributed by atoms with Gasteiger partial charge in [-0.1, -0.05) is 17.4 Å². The van der Waals surface area contributed by atoms with Crippen LogP contribution in [0.25, 0.3) is 0 Å². The molecule has 0 spiro atoms. The molecule has 2 aromatic rings. The molecule has 3 heterocycles. The lowest BCUT2D eigenvalue weighted by molar-refractivity contribution is 0.102. The number of hydrogen-bond acceptors (Lipinski definition) is 6. The van der Waals surface area contributed by atoms with E-state index in [1.54, 1.807) is 11.6 Å². The Balaban J connectivity index is 1.74. The minimum atomic E-state index is -0.238. The smallest absolute Gasteiger partial charge is 0.276 e. The predicted octanol–water partition coefficient (Wildman–Crippen LogP) is 1.65. The normalized spacial score (nSPS) is 16.0. The van der Waals surface area contributed by atoms with Crippen molar-refractivity contribution in [2.75, 3.05) is 18.4 Å². The number of anilines is 1. The van der Waals surface area contributed by atoms with Gasteiger partial charge in [0, 0.05) is 11.6 Å². The number of piperidine rings is 1. The number of pyridine rings is 1. The summed E-state index contributed by atoms with van der Waals surface area (Å²) in [6, 6.07) is 5.61. The van der Waals surface area contributed by atoms with Crippen LogP contribution in [0.1, 0.15) is 34.9 Å². The molecule has 3 rings (SSSR count). The number of carbonyl (C=O) groups is 1. The molecule has 20 heavy (non-hydrogen) atoms. The van der Waals surface area contributed by atoms with Crippen LogP contribution in [0.5, 0.6) is 0 Å². The highest BCUT2D eigenvalue weighted by Crippen LogP contribution is 2.23. The number of hydrogen-bond donors (Lipinski definition) is 2. The summed E-state index contributed by atoms with van der Waals surface area (Å²) in [5.41, 5.74) is 3.00. The van der Waals surface area contributed by atoms with Crippen LogP contribution in [0.2, 0.25) is 0 Å². The molecule has 0 unspecified atom stereocenters. The first-order valence-electron chi connectivity index (χ1n) is 6.58. The van der Waals surface area contributed by atoms with Crippen LogP contribution in [0, 0.1) is 0 Å². The summed E-state index contributed by atoms with van der Waals surface area (Å²) in [7, 11) is 0. The second kappa shape index (κ2) is 6.06. The monoisotopic (exact) mass is 289 g/mol. The van der Waals surface area contributed by atoms with Crippen molar-refractivity contribution in [1.29, 1.82) is 0 Å². The third-order valence-corrected chi connectivity index (χ3v) is 3.95. The minimum absolute atomic E-state index is 0.238. The summed E-state index contributed by atoms with van der Waals surface area (Å²) in [5, 5.41) is 14.0. The first-order valence-corrected chi connectivity index (χ1v) is 7.46. The maximum absolute atomic E-state index is 12.1. The van der Waals surface area contributed by atoms with E-state index >= 15 is 0 Å². The summed E-state index contributed by atoms with van der Waals surface area (Å²) >= 11 is 1.29. The largest absolute Gasteiger partial charge is 0.317 e. The highest BCUT2D eigenvalue weighted by Gasteiger charge is 2.18. The van der Waals surface area contributed by atoms with Crippen LogP contribution in [-0.2, 0) is 0 Å². The molecule has 1 aliphatic heterocycles. The molecule has 0 radical (unpaired) electrons. The molecule has 0 aromatic carbocycles. The van der Waals surface area contributed by atoms with E-state index < -0.39 is 0 Å². The first-order chi connectivity index (χ1) is 9.83. The second-order valence-electron chi connectivity index (χ2n) is 4.67. The van der Waals surface area contributed by atoms with Gasteiger partial charge in [-0.2, -0.15) is 0 Å². The van der Waals surface area contributed by atoms with Crippen molar-refractivity contribution in [2.24, 2.45) is 0 Å². The molecule has 104 valence electrons. The Morgan fingerprint density at radius 1 is 1.35 bits per heavy atom. The van der Waals surface area contributed by atoms with E-state index in [1.807, 2.05) is 12.1 Å². The average Bonchev–Trinajstić information content (AvgIpc) is 3.01. The number of amides is 1. The first kappa shape index (κ1) is 13.1. The van der Waals surface area contributed by atoms with Crippen molar-refractivity contribution in [3.63, 3.8) is 0 Å². The molecular weight excluding hydrogens is 274 g/mol. The van der Waals surface area contributed by atoms with Crippen LogP contribution in [-0.4, -0.2) is 34.2 Å². The summed E-state index contributed by atoms with van der Waals surface area (Å²) in [5.74, 6) is 0.197. The Kier molecular flexibility index (Phi) is 3.98. The Morgan fingerprint density at radius 2 is 2.20 bits per heavy atom. The number of rotatable bonds is 3. The Morgan fingerprint density at radius 3 is 2.95 bits per heavy atom. The van der Waals surface area contributed by atoms with Crippen molar-refractivity contribution < 1.29 is 4.79 Å². The molecule has 1 amide bonds. The molecule has 6 nitrogen and oxygen atoms in total. The van der Waals surface area contributed by atoms with Gasteiger partial charge < -0.3 is 5.32 Å². The van der Waals surface area contributed by atoms with Gasteiger partial charge in [-0.05, 0) is 38.1 Å². The average molecular weight is 289 g/mol. The van der Waals surface area contributed by atoms with Crippen LogP contribution >= 0.6 is 11.3 Å². The van der Waals surface area contributed by atoms with Crippen molar-refractivity contribution in [3.8, 4) is 0 Å². The SMILES string of the molecule is O=C(Nc1nncs1)c1cccc(C2CCNCC2)n1. The Labute approximate surface area is 120 Å². The molecule has 7 heteroatoms. The van der Waals surface area contributed by atoms with Gasteiger partial charge in [0.1, 0.15) is 11.2 Å². The van der Waals surface area contributed by atoms with E-state index in [0.29, 0.717) is 16.7 Å². The van der Waals surface area contributed by atoms with E-state index in [9.17, 15) is 4.79 Å². The van der Waals surface area contributed by atoms with Crippen molar-refractivity contribution in [1.82, 2.24) is 20.5 Å². The molecular formula is C13H15N5OS. The predicted molar refractivity (Wildman–Crippen MR) is 76.9 cm³/mol. The van der Waals surface area contributed by atoms with Crippen LogP contribution in [0.4, 0.5) is 5.13 Å². The van der Waals surface area contributed by atoms with Gasteiger partial charge >= 0.3 is 0 Å². The molecule has 0 saturated carbocycles. The lowest BCUT2D eigenvalue weighted by Crippen LogP contribution is -2.27. The van der Waals surface area contributed by atoms with Gasteiger partial charge in [-0.3, -0.25) is 10.1 Å². The lowest BCUT2D eigenvalue weighted by Gasteiger charge is -2.22. The maximum atomic E-state index is 12.1. The van der Waals surface area contributed by atoms with Crippen LogP contribution < -0.4 is 10.6 Å². The van der Waals surface area contributed by atoms with Crippen molar-refractivity contribution >= 4 is 22.4 Å². The Bertz CT molecular complexity index is 580. The van der Waals surface area contributed by atoms with Gasteiger partial charge in [-0.25, -0.2) is 4.98 Å². The zero-order chi connectivity index (χ0) is 13.8. The highest BCUT2D eigenvalue weighted by molar-refractivity contribution is 7.13. The van der Waals surface area contributed by atoms with E-state index in [4.69, 9.17) is 0 Å². The van der Waals surface area contributed by atoms with Crippen LogP contribution in [0.15, 0.2) is 23.7 Å². The number of nitrogens with zero attached hydrogens (tertiary/aromatic N) is 3. The zero-order valence-electron chi connectivity index (χ0n) is 10.9. The second-order valence-corrected chi connectivity index (χ2v) is 5.50. The topological polar surface area (TPSA) is 79.8 Å². The molecule has 0 aliphatic carbocycles. The molecule has 0 bridgehead atoms. The van der Waals surface area contributed by atoms with Gasteiger partial charge in [0.25, 0.3) is 5.91 Å². The zero-order valence-corrected chi connectivity index (χ0v) is 11.7. The van der Waals surface area contributed by atoms with Crippen molar-refractivity contribution in [3.05, 3.63) is 35.1 Å². The van der Waals surface area contributed by atoms with Gasteiger partial charge in [0.15, 0.2) is 0 Å². The molecule has 2 N–H and O–H groups in total. The van der Waals surface area contributed by atoms with Gasteiger partial charge in [0.2, 0.25) is 5.13 Å². The van der Waals surface area contributed by atoms with E-state index in [0.717, 1.165) is 31.6 Å². The van der Waals surface area contributed by atoms with Gasteiger partial charge in [-0.15, -0.1) is 10.2 Å². The molecule has 0 atom stereocenters. The number of carbonyl (C=O) groups excluding carboxylic acids is 1. The Hall–Kier alpha value is -1.86. The van der Waals surface area contributed by atoms with Crippen molar-refractivity contribution in [2.45, 2.75) is 18.8 Å². The molecule has 1 fully saturated rings. The maximum Gasteiger partial charge on any atom is 0.276 e. The quantitative estimate of drug-likeness (QED) is 0.898. The standard InChI is InChI=1S/C13H15N5OS/c19-12(17-13-18-15-8-20-13)11-3-1-2-10(16-11)9-4-6-14-7-5-9/h1-3,8-9,14H,4-7H2,(H,17,18,19). The van der Waals surface area contributed by atoms with E-state index in [2.05, 4.69) is 25.8 Å². The molecule has 2 aromatic heterocycles. The summed E-state index contributed by atoms with van der Waals surface area (Å²) in [4.78, 5) is 16.6. The minimum Gasteiger partial charge on any atom is -0.317 e. The lowest BCUT2D eigenvalue weighted by atomic mass is 9.94. The number of nitrogens with one attached hydrogen (secondary N) is 2. The van der Waals surface area contributed by atoms with Gasteiger partial charge in [0.05, 0.1) is 0 Å². The highest BCUT2D eigenvalue weighted by atomic mass is 32.1. The fraction of sp³-hybridized carbons (Fsp3) is 0.385. The summed E-state index contributed by atoms with van der Waals surface area (Å²) in [6.45, 7) is 2.01. The van der Waals surface area contributed by atoms with E-state index in [1.165, 1.54) is 11.3 Å². The van der Waals surface area contributed by atoms with Crippen LogP contribution in [0.3, 0.4) is 0 Å². The third-order valence-electron chi connectivity index (χ3n) is 3.34. The fourth-order valence-corrected chi connectivity index (χ4v) is 2.75. The molecule has 1 aliphatic rings. The summed E-state index contributed by atoms with van der Waals surface area (Å²) < 4.78 is 0. The fourth-order valence-electron chi connectivity index (χ4n) is 2.31. The third kappa shape index (κ3) is 3.00. The number of aromatic nitrogens is 3.